The fourth-order valence-electron chi connectivity index (χ4n) is 13.7. The van der Waals surface area contributed by atoms with Crippen LogP contribution in [0.2, 0.25) is 0 Å². The van der Waals surface area contributed by atoms with Crippen molar-refractivity contribution in [2.45, 2.75) is 172 Å². The van der Waals surface area contributed by atoms with Crippen LogP contribution < -0.4 is 0 Å². The average Bonchev–Trinajstić information content (AvgIpc) is 0.786. The van der Waals surface area contributed by atoms with Crippen LogP contribution in [0.5, 0.6) is 0 Å². The van der Waals surface area contributed by atoms with Gasteiger partial charge in [0, 0.05) is 78.2 Å². The van der Waals surface area contributed by atoms with E-state index in [-0.39, 0.29) is 37.5 Å². The number of esters is 3. The molecule has 25 nitrogen and oxygen atoms in total. The molecule has 0 aliphatic carbocycles. The lowest BCUT2D eigenvalue weighted by Gasteiger charge is -2.46. The minimum Gasteiger partial charge on any atom is -0.481 e. The first-order valence-electron chi connectivity index (χ1n) is 35.6. The van der Waals surface area contributed by atoms with Gasteiger partial charge in [-0.25, -0.2) is 34.4 Å². The predicted octanol–water partition coefficient (Wildman–Crippen LogP) is 9.57. The number of carbonyl (C=O) groups is 9. The Labute approximate surface area is 621 Å². The Bertz CT molecular complexity index is 3360. The van der Waals surface area contributed by atoms with E-state index >= 15 is 0 Å². The van der Waals surface area contributed by atoms with E-state index in [0.717, 1.165) is 36.0 Å². The van der Waals surface area contributed by atoms with Gasteiger partial charge in [0.15, 0.2) is 22.2 Å². The molecule has 25 heteroatoms. The third-order valence-corrected chi connectivity index (χ3v) is 19.5. The summed E-state index contributed by atoms with van der Waals surface area (Å²) in [6.45, 7) is 15.6. The van der Waals surface area contributed by atoms with Crippen molar-refractivity contribution in [2.24, 2.45) is 0 Å². The summed E-state index contributed by atoms with van der Waals surface area (Å²) in [7, 11) is 4.10. The van der Waals surface area contributed by atoms with Crippen molar-refractivity contribution < 1.29 is 92.3 Å². The van der Waals surface area contributed by atoms with Gasteiger partial charge < -0.3 is 49.3 Å². The van der Waals surface area contributed by atoms with Crippen LogP contribution in [0.4, 0.5) is 0 Å². The topological polar surface area (TPSA) is 309 Å². The van der Waals surface area contributed by atoms with Crippen LogP contribution in [0, 0.1) is 0 Å². The number of hydroxylamine groups is 6. The highest BCUT2D eigenvalue weighted by atomic mass is 16.7. The number of methoxy groups -OCH3 is 3. The second-order valence-electron chi connectivity index (χ2n) is 27.0. The van der Waals surface area contributed by atoms with E-state index in [2.05, 4.69) is 108 Å². The molecule has 4 N–H and O–H groups in total. The first-order valence-corrected chi connectivity index (χ1v) is 35.6. The van der Waals surface area contributed by atoms with Gasteiger partial charge in [-0.05, 0) is 112 Å². The van der Waals surface area contributed by atoms with E-state index in [1.807, 2.05) is 109 Å². The maximum absolute atomic E-state index is 12.9. The van der Waals surface area contributed by atoms with E-state index in [9.17, 15) is 43.2 Å². The van der Waals surface area contributed by atoms with Crippen molar-refractivity contribution in [3.8, 4) is 0 Å². The number of amides is 3. The lowest BCUT2D eigenvalue weighted by Crippen LogP contribution is -2.62. The van der Waals surface area contributed by atoms with Gasteiger partial charge in [-0.3, -0.25) is 38.5 Å². The van der Waals surface area contributed by atoms with Gasteiger partial charge in [0.1, 0.15) is 19.8 Å². The predicted molar refractivity (Wildman–Crippen MR) is 394 cm³/mol. The monoisotopic (exact) mass is 1460 g/mol. The second kappa shape index (κ2) is 41.8. The number of nitrogens with zero attached hydrogens (tertiary/aromatic N) is 6. The van der Waals surface area contributed by atoms with Gasteiger partial charge in [-0.1, -0.05) is 182 Å². The van der Waals surface area contributed by atoms with Crippen LogP contribution >= 0.6 is 0 Å². The number of likely N-dealkylation sites (tertiary alicyclic amines) is 3. The molecule has 3 unspecified atom stereocenters. The van der Waals surface area contributed by atoms with Crippen molar-refractivity contribution in [1.82, 2.24) is 29.9 Å². The molecule has 0 bridgehead atoms. The van der Waals surface area contributed by atoms with E-state index in [4.69, 9.17) is 49.1 Å². The molecule has 106 heavy (non-hydrogen) atoms. The number of ether oxygens (including phenoxy) is 3. The Morgan fingerprint density at radius 2 is 0.566 bits per heavy atom. The molecule has 3 heterocycles. The summed E-state index contributed by atoms with van der Waals surface area (Å²) in [6, 6.07) is 61.0. The molecule has 0 aromatic heterocycles. The molecule has 3 atom stereocenters. The molecule has 6 aromatic rings. The molecule has 3 aliphatic heterocycles. The largest absolute Gasteiger partial charge is 0.481 e. The highest BCUT2D eigenvalue weighted by Crippen LogP contribution is 2.36. The molecule has 572 valence electrons. The van der Waals surface area contributed by atoms with Crippen molar-refractivity contribution in [2.75, 3.05) is 60.6 Å². The Hall–Kier alpha value is -9.73. The molecule has 3 saturated heterocycles. The number of hydrogen-bond donors (Lipinski definition) is 4. The highest BCUT2D eigenvalue weighted by Gasteiger charge is 2.53. The van der Waals surface area contributed by atoms with E-state index < -0.39 is 70.9 Å². The van der Waals surface area contributed by atoms with Gasteiger partial charge in [-0.15, -0.1) is 0 Å². The Kier molecular flexibility index (Phi) is 33.6. The van der Waals surface area contributed by atoms with Crippen molar-refractivity contribution in [3.05, 3.63) is 215 Å². The number of rotatable bonds is 29. The zero-order valence-electron chi connectivity index (χ0n) is 62.3. The van der Waals surface area contributed by atoms with E-state index in [1.165, 1.54) is 74.0 Å². The molecule has 3 aliphatic rings. The number of aliphatic hydroxyl groups is 1. The molecule has 0 saturated carbocycles. The third kappa shape index (κ3) is 24.4. The van der Waals surface area contributed by atoms with Gasteiger partial charge >= 0.3 is 35.8 Å². The number of benzene rings is 6. The van der Waals surface area contributed by atoms with Crippen molar-refractivity contribution in [1.29, 1.82) is 0 Å². The SMILES string of the molecule is COC(=O)C1(N(OCc2ccccc2)C(C)=O)CCN(C(C)Cc2ccccc2)CC1.COC(=O)C1(N(OCc2ccccc2)C(C)=O)CCN(C(C)Cc2ccccc2)CC1.COC(=O)C1(N(OCc2ccccc2)C(C)=O)CCN(C(C)Cc2ccccc2)CC1.O=C(O)CC(O)(CC(=O)O)C(=O)O. The molecule has 3 amide bonds. The first-order chi connectivity index (χ1) is 50.7. The van der Waals surface area contributed by atoms with Crippen LogP contribution in [0.3, 0.4) is 0 Å². The molecule has 6 aromatic carbocycles. The third-order valence-electron chi connectivity index (χ3n) is 19.5. The fourth-order valence-corrected chi connectivity index (χ4v) is 13.7. The van der Waals surface area contributed by atoms with Gasteiger partial charge in [0.05, 0.1) is 34.2 Å². The minimum atomic E-state index is -2.74. The number of aliphatic carboxylic acids is 3. The minimum absolute atomic E-state index is 0.216. The lowest BCUT2D eigenvalue weighted by molar-refractivity contribution is -0.240. The number of carboxylic acids is 3. The second-order valence-corrected chi connectivity index (χ2v) is 27.0. The van der Waals surface area contributed by atoms with Crippen molar-refractivity contribution >= 4 is 53.5 Å². The number of piperidine rings is 3. The number of carboxylic acid groups (broad SMARTS) is 3. The quantitative estimate of drug-likeness (QED) is 0.0193. The summed E-state index contributed by atoms with van der Waals surface area (Å²) in [5.74, 6) is -7.19. The fraction of sp³-hybridized carbons (Fsp3) is 0.444. The maximum Gasteiger partial charge on any atom is 0.336 e. The normalized spacial score (nSPS) is 16.2. The van der Waals surface area contributed by atoms with Gasteiger partial charge in [-0.2, -0.15) is 0 Å². The van der Waals surface area contributed by atoms with Crippen LogP contribution in [0.1, 0.15) is 126 Å². The number of carbonyl (C=O) groups excluding carboxylic acids is 6. The van der Waals surface area contributed by atoms with E-state index in [1.54, 1.807) is 0 Å². The lowest BCUT2D eigenvalue weighted by atomic mass is 9.85. The first kappa shape index (κ1) is 85.2. The number of hydrogen-bond acceptors (Lipinski definition) is 19. The smallest absolute Gasteiger partial charge is 0.336 e. The van der Waals surface area contributed by atoms with Gasteiger partial charge in [0.25, 0.3) is 0 Å². The molecular weight excluding hydrogens is 1360 g/mol. The summed E-state index contributed by atoms with van der Waals surface area (Å²) in [5.41, 5.74) is 0.587. The van der Waals surface area contributed by atoms with Crippen molar-refractivity contribution in [3.63, 3.8) is 0 Å². The Balaban J connectivity index is 0.000000230. The Morgan fingerprint density at radius 3 is 0.736 bits per heavy atom. The maximum atomic E-state index is 12.9. The average molecular weight is 1470 g/mol. The standard InChI is InChI=1S/3C25H32N2O4.C6H8O7/c3*1-20(18-22-10-6-4-7-11-22)26-16-14-25(15-17-26,24(29)30-3)27(21(2)28)31-19-23-12-8-5-9-13-23;7-3(8)1-6(13,5(11)12)2-4(9)10/h3*4-13,20H,14-19H2,1-3H3;13H,1-2H2,(H,7,8)(H,9,10)(H,11,12). The Morgan fingerprint density at radius 1 is 0.368 bits per heavy atom. The summed E-state index contributed by atoms with van der Waals surface area (Å²) in [4.78, 5) is 132. The summed E-state index contributed by atoms with van der Waals surface area (Å²) < 4.78 is 15.4. The molecular formula is C81H104N6O19. The highest BCUT2D eigenvalue weighted by molar-refractivity contribution is 5.89. The summed E-state index contributed by atoms with van der Waals surface area (Å²) in [5, 5.41) is 37.6. The zero-order chi connectivity index (χ0) is 77.5. The molecule has 0 spiro atoms. The van der Waals surface area contributed by atoms with Crippen LogP contribution in [-0.2, 0) is 111 Å². The molecule has 0 radical (unpaired) electrons. The summed E-state index contributed by atoms with van der Waals surface area (Å²) in [6.07, 6.45) is 3.32. The summed E-state index contributed by atoms with van der Waals surface area (Å²) >= 11 is 0. The van der Waals surface area contributed by atoms with Crippen LogP contribution in [-0.4, -0.2) is 205 Å². The van der Waals surface area contributed by atoms with E-state index in [0.29, 0.717) is 95.9 Å². The van der Waals surface area contributed by atoms with Crippen LogP contribution in [0.25, 0.3) is 0 Å². The molecule has 3 fully saturated rings. The van der Waals surface area contributed by atoms with Crippen LogP contribution in [0.15, 0.2) is 182 Å². The molecule has 9 rings (SSSR count). The zero-order valence-corrected chi connectivity index (χ0v) is 62.3. The van der Waals surface area contributed by atoms with Gasteiger partial charge in [0.2, 0.25) is 17.7 Å².